The lowest BCUT2D eigenvalue weighted by Crippen LogP contribution is -2.43. The van der Waals surface area contributed by atoms with Gasteiger partial charge in [0.05, 0.1) is 28.9 Å². The molecule has 13 heteroatoms. The average molecular weight is 571 g/mol. The van der Waals surface area contributed by atoms with E-state index in [1.54, 1.807) is 41.3 Å². The molecule has 2 aromatic rings. The monoisotopic (exact) mass is 570 g/mol. The van der Waals surface area contributed by atoms with E-state index in [0.29, 0.717) is 53.1 Å². The molecule has 0 radical (unpaired) electrons. The van der Waals surface area contributed by atoms with Crippen molar-refractivity contribution in [3.05, 3.63) is 45.6 Å². The van der Waals surface area contributed by atoms with E-state index in [9.17, 15) is 19.2 Å². The van der Waals surface area contributed by atoms with Crippen molar-refractivity contribution in [3.63, 3.8) is 0 Å². The van der Waals surface area contributed by atoms with Crippen molar-refractivity contribution < 1.29 is 28.7 Å². The molecule has 1 atom stereocenters. The third-order valence-electron chi connectivity index (χ3n) is 5.89. The number of imide groups is 1. The van der Waals surface area contributed by atoms with Crippen LogP contribution in [-0.4, -0.2) is 74.2 Å². The minimum atomic E-state index is -0.698. The van der Waals surface area contributed by atoms with Gasteiger partial charge in [0.15, 0.2) is 0 Å². The van der Waals surface area contributed by atoms with Gasteiger partial charge in [0.25, 0.3) is 11.8 Å². The standard InChI is InChI=1S/C24H27ClN4O6S.ClH/c25-20-9-8-19(36-20)23(32)29(21(30)3-1-2-10-26)14-18-13-28(24(33)35-18)17-6-4-16(5-7-17)27-11-12-34-15-22(27)31;/h4-9,18H,1-3,10-15,26H2;1H/t18-;/m1./s1. The van der Waals surface area contributed by atoms with Gasteiger partial charge in [0.2, 0.25) is 5.91 Å². The number of hydrogen-bond acceptors (Lipinski definition) is 8. The van der Waals surface area contributed by atoms with Gasteiger partial charge in [0, 0.05) is 24.3 Å². The number of carbonyl (C=O) groups is 4. The fourth-order valence-electron chi connectivity index (χ4n) is 4.05. The van der Waals surface area contributed by atoms with Crippen LogP contribution in [0.3, 0.4) is 0 Å². The van der Waals surface area contributed by atoms with Gasteiger partial charge in [0.1, 0.15) is 12.7 Å². The van der Waals surface area contributed by atoms with E-state index in [0.717, 1.165) is 16.2 Å². The molecule has 4 rings (SSSR count). The Bertz CT molecular complexity index is 1130. The van der Waals surface area contributed by atoms with Crippen LogP contribution < -0.4 is 15.5 Å². The first kappa shape index (κ1) is 28.9. The smallest absolute Gasteiger partial charge is 0.414 e. The van der Waals surface area contributed by atoms with E-state index in [1.807, 2.05) is 0 Å². The number of thiophene rings is 1. The number of anilines is 2. The summed E-state index contributed by atoms with van der Waals surface area (Å²) in [6.45, 7) is 1.52. The molecule has 0 saturated carbocycles. The number of ether oxygens (including phenoxy) is 2. The van der Waals surface area contributed by atoms with Crippen molar-refractivity contribution in [1.29, 1.82) is 0 Å². The summed E-state index contributed by atoms with van der Waals surface area (Å²) in [5, 5.41) is 0. The highest BCUT2D eigenvalue weighted by Gasteiger charge is 2.36. The second-order valence-corrected chi connectivity index (χ2v) is 10.1. The van der Waals surface area contributed by atoms with Crippen LogP contribution in [0.2, 0.25) is 4.34 Å². The molecule has 37 heavy (non-hydrogen) atoms. The highest BCUT2D eigenvalue weighted by Crippen LogP contribution is 2.27. The fourth-order valence-corrected chi connectivity index (χ4v) is 5.04. The maximum absolute atomic E-state index is 13.1. The molecule has 200 valence electrons. The van der Waals surface area contributed by atoms with Gasteiger partial charge in [-0.15, -0.1) is 23.7 Å². The Morgan fingerprint density at radius 1 is 1.08 bits per heavy atom. The number of morpholine rings is 1. The first-order chi connectivity index (χ1) is 17.4. The number of carbonyl (C=O) groups excluding carboxylic acids is 4. The van der Waals surface area contributed by atoms with E-state index in [-0.39, 0.29) is 50.3 Å². The van der Waals surface area contributed by atoms with Crippen LogP contribution in [-0.2, 0) is 19.1 Å². The zero-order chi connectivity index (χ0) is 25.7. The van der Waals surface area contributed by atoms with Crippen molar-refractivity contribution in [1.82, 2.24) is 4.90 Å². The van der Waals surface area contributed by atoms with Crippen LogP contribution in [0, 0.1) is 0 Å². The summed E-state index contributed by atoms with van der Waals surface area (Å²) in [7, 11) is 0. The maximum Gasteiger partial charge on any atom is 0.414 e. The second-order valence-electron chi connectivity index (χ2n) is 8.39. The minimum absolute atomic E-state index is 0. The van der Waals surface area contributed by atoms with Crippen molar-refractivity contribution >= 4 is 70.5 Å². The topological polar surface area (TPSA) is 122 Å². The molecule has 0 unspecified atom stereocenters. The Hall–Kier alpha value is -2.70. The van der Waals surface area contributed by atoms with Gasteiger partial charge in [-0.25, -0.2) is 4.79 Å². The molecular formula is C24H28Cl2N4O6S. The van der Waals surface area contributed by atoms with Crippen molar-refractivity contribution in [3.8, 4) is 0 Å². The molecule has 0 bridgehead atoms. The Balaban J connectivity index is 0.00000380. The Morgan fingerprint density at radius 3 is 2.41 bits per heavy atom. The molecule has 0 aliphatic carbocycles. The number of nitrogens with zero attached hydrogens (tertiary/aromatic N) is 3. The molecule has 2 N–H and O–H groups in total. The molecule has 4 amide bonds. The average Bonchev–Trinajstić information content (AvgIpc) is 3.48. The summed E-state index contributed by atoms with van der Waals surface area (Å²) in [4.78, 5) is 55.3. The molecular weight excluding hydrogens is 543 g/mol. The predicted octanol–water partition coefficient (Wildman–Crippen LogP) is 3.31. The number of unbranched alkanes of at least 4 members (excludes halogenated alkanes) is 1. The van der Waals surface area contributed by atoms with Crippen LogP contribution in [0.25, 0.3) is 0 Å². The highest BCUT2D eigenvalue weighted by atomic mass is 35.5. The summed E-state index contributed by atoms with van der Waals surface area (Å²) in [6.07, 6.45) is 0.109. The number of benzene rings is 1. The lowest BCUT2D eigenvalue weighted by atomic mass is 10.2. The highest BCUT2D eigenvalue weighted by molar-refractivity contribution is 7.18. The summed E-state index contributed by atoms with van der Waals surface area (Å²) >= 11 is 7.07. The zero-order valence-corrected chi connectivity index (χ0v) is 22.4. The number of amides is 4. The number of nitrogens with two attached hydrogens (primary N) is 1. The molecule has 2 saturated heterocycles. The molecule has 2 aliphatic rings. The number of halogens is 2. The Labute approximate surface area is 229 Å². The van der Waals surface area contributed by atoms with Gasteiger partial charge in [-0.2, -0.15) is 0 Å². The zero-order valence-electron chi connectivity index (χ0n) is 20.0. The minimum Gasteiger partial charge on any atom is -0.442 e. The van der Waals surface area contributed by atoms with Crippen LogP contribution in [0.5, 0.6) is 0 Å². The van der Waals surface area contributed by atoms with Gasteiger partial charge in [-0.05, 0) is 55.8 Å². The van der Waals surface area contributed by atoms with E-state index >= 15 is 0 Å². The van der Waals surface area contributed by atoms with E-state index in [4.69, 9.17) is 26.8 Å². The van der Waals surface area contributed by atoms with Crippen LogP contribution in [0.1, 0.15) is 28.9 Å². The first-order valence-electron chi connectivity index (χ1n) is 11.6. The maximum atomic E-state index is 13.1. The molecule has 1 aromatic carbocycles. The molecule has 2 fully saturated rings. The molecule has 3 heterocycles. The largest absolute Gasteiger partial charge is 0.442 e. The van der Waals surface area contributed by atoms with E-state index in [1.165, 1.54) is 4.90 Å². The number of rotatable bonds is 9. The Kier molecular flexibility index (Phi) is 10.3. The van der Waals surface area contributed by atoms with Crippen LogP contribution in [0.15, 0.2) is 36.4 Å². The summed E-state index contributed by atoms with van der Waals surface area (Å²) < 4.78 is 11.1. The second kappa shape index (κ2) is 13.2. The Morgan fingerprint density at radius 2 is 1.78 bits per heavy atom. The van der Waals surface area contributed by atoms with Gasteiger partial charge in [-0.1, -0.05) is 11.6 Å². The third kappa shape index (κ3) is 6.99. The van der Waals surface area contributed by atoms with Crippen molar-refractivity contribution in [2.75, 3.05) is 49.2 Å². The lowest BCUT2D eigenvalue weighted by Gasteiger charge is -2.27. The van der Waals surface area contributed by atoms with Crippen LogP contribution >= 0.6 is 35.3 Å². The van der Waals surface area contributed by atoms with Gasteiger partial charge in [-0.3, -0.25) is 24.2 Å². The van der Waals surface area contributed by atoms with Gasteiger partial charge < -0.3 is 20.1 Å². The lowest BCUT2D eigenvalue weighted by molar-refractivity contribution is -0.129. The van der Waals surface area contributed by atoms with Crippen molar-refractivity contribution in [2.45, 2.75) is 25.4 Å². The molecule has 2 aliphatic heterocycles. The van der Waals surface area contributed by atoms with E-state index in [2.05, 4.69) is 0 Å². The molecule has 1 aromatic heterocycles. The fraction of sp³-hybridized carbons (Fsp3) is 0.417. The third-order valence-corrected chi connectivity index (χ3v) is 7.11. The van der Waals surface area contributed by atoms with Gasteiger partial charge >= 0.3 is 6.09 Å². The summed E-state index contributed by atoms with van der Waals surface area (Å²) in [5.41, 5.74) is 6.83. The summed E-state index contributed by atoms with van der Waals surface area (Å²) in [6, 6.07) is 10.2. The number of cyclic esters (lactones) is 1. The molecule has 0 spiro atoms. The van der Waals surface area contributed by atoms with Crippen molar-refractivity contribution in [2.24, 2.45) is 5.73 Å². The van der Waals surface area contributed by atoms with E-state index < -0.39 is 18.1 Å². The SMILES string of the molecule is Cl.NCCCCC(=O)N(C[C@H]1CN(c2ccc(N3CCOCC3=O)cc2)C(=O)O1)C(=O)c1ccc(Cl)s1. The number of hydrogen-bond donors (Lipinski definition) is 1. The summed E-state index contributed by atoms with van der Waals surface area (Å²) in [5.74, 6) is -0.951. The first-order valence-corrected chi connectivity index (χ1v) is 12.8. The molecule has 10 nitrogen and oxygen atoms in total. The predicted molar refractivity (Wildman–Crippen MR) is 143 cm³/mol. The van der Waals surface area contributed by atoms with Crippen LogP contribution in [0.4, 0.5) is 16.2 Å². The normalized spacial score (nSPS) is 17.4. The quantitative estimate of drug-likeness (QED) is 0.459.